The molecule has 0 saturated heterocycles. The monoisotopic (exact) mass is 385 g/mol. The molecule has 3 rings (SSSR count). The van der Waals surface area contributed by atoms with Crippen LogP contribution in [0.15, 0.2) is 40.2 Å². The van der Waals surface area contributed by atoms with Crippen LogP contribution in [0, 0.1) is 0 Å². The number of hydrogen-bond donors (Lipinski definition) is 1. The molecular formula is C19H23N5O4. The number of amides is 1. The van der Waals surface area contributed by atoms with E-state index in [-0.39, 0.29) is 18.1 Å². The molecule has 148 valence electrons. The van der Waals surface area contributed by atoms with Gasteiger partial charge in [-0.15, -0.1) is 0 Å². The molecule has 1 atom stereocenters. The van der Waals surface area contributed by atoms with E-state index in [2.05, 4.69) is 10.3 Å². The van der Waals surface area contributed by atoms with Gasteiger partial charge in [0.05, 0.1) is 19.5 Å². The summed E-state index contributed by atoms with van der Waals surface area (Å²) in [5.41, 5.74) is 0.365. The molecule has 0 radical (unpaired) electrons. The van der Waals surface area contributed by atoms with Crippen molar-refractivity contribution >= 4 is 17.1 Å². The minimum atomic E-state index is -0.580. The molecule has 9 heteroatoms. The van der Waals surface area contributed by atoms with Crippen molar-refractivity contribution in [3.05, 3.63) is 57.0 Å². The molecule has 28 heavy (non-hydrogen) atoms. The Hall–Kier alpha value is -3.36. The van der Waals surface area contributed by atoms with E-state index in [9.17, 15) is 14.4 Å². The van der Waals surface area contributed by atoms with Gasteiger partial charge in [0.25, 0.3) is 5.56 Å². The molecule has 0 fully saturated rings. The van der Waals surface area contributed by atoms with E-state index in [4.69, 9.17) is 4.74 Å². The molecule has 1 aromatic carbocycles. The predicted octanol–water partition coefficient (Wildman–Crippen LogP) is 0.710. The summed E-state index contributed by atoms with van der Waals surface area (Å²) in [6.07, 6.45) is 2.12. The average molecular weight is 385 g/mol. The van der Waals surface area contributed by atoms with Crippen LogP contribution < -0.4 is 21.3 Å². The minimum Gasteiger partial charge on any atom is -0.497 e. The third-order valence-electron chi connectivity index (χ3n) is 4.76. The van der Waals surface area contributed by atoms with Gasteiger partial charge in [-0.05, 0) is 24.1 Å². The van der Waals surface area contributed by atoms with Crippen LogP contribution in [0.5, 0.6) is 5.75 Å². The number of rotatable bonds is 6. The third-order valence-corrected chi connectivity index (χ3v) is 4.76. The maximum Gasteiger partial charge on any atom is 0.332 e. The Kier molecular flexibility index (Phi) is 5.34. The van der Waals surface area contributed by atoms with E-state index in [1.54, 1.807) is 14.2 Å². The van der Waals surface area contributed by atoms with Crippen molar-refractivity contribution in [3.63, 3.8) is 0 Å². The van der Waals surface area contributed by atoms with E-state index in [0.717, 1.165) is 15.9 Å². The number of carbonyl (C=O) groups is 1. The lowest BCUT2D eigenvalue weighted by Crippen LogP contribution is -2.44. The summed E-state index contributed by atoms with van der Waals surface area (Å²) in [6.45, 7) is 1.58. The fourth-order valence-electron chi connectivity index (χ4n) is 3.18. The molecule has 0 unspecified atom stereocenters. The first kappa shape index (κ1) is 19.4. The number of aryl methyl sites for hydroxylation is 2. The van der Waals surface area contributed by atoms with Crippen molar-refractivity contribution in [2.45, 2.75) is 25.9 Å². The molecular weight excluding hydrogens is 362 g/mol. The van der Waals surface area contributed by atoms with Crippen molar-refractivity contribution in [1.29, 1.82) is 0 Å². The lowest BCUT2D eigenvalue weighted by molar-refractivity contribution is -0.122. The number of imidazole rings is 1. The van der Waals surface area contributed by atoms with Crippen LogP contribution in [-0.4, -0.2) is 31.7 Å². The Morgan fingerprint density at radius 3 is 2.50 bits per heavy atom. The van der Waals surface area contributed by atoms with Crippen LogP contribution in [0.1, 0.15) is 24.9 Å². The van der Waals surface area contributed by atoms with Gasteiger partial charge in [-0.3, -0.25) is 14.2 Å². The van der Waals surface area contributed by atoms with Gasteiger partial charge in [0.1, 0.15) is 12.3 Å². The van der Waals surface area contributed by atoms with Crippen LogP contribution in [0.25, 0.3) is 11.2 Å². The largest absolute Gasteiger partial charge is 0.497 e. The number of fused-ring (bicyclic) bond motifs is 1. The summed E-state index contributed by atoms with van der Waals surface area (Å²) in [7, 11) is 4.78. The Morgan fingerprint density at radius 1 is 1.21 bits per heavy atom. The average Bonchev–Trinajstić information content (AvgIpc) is 3.09. The Labute approximate surface area is 161 Å². The van der Waals surface area contributed by atoms with E-state index < -0.39 is 17.2 Å². The molecule has 0 spiro atoms. The fourth-order valence-corrected chi connectivity index (χ4v) is 3.18. The Balaban J connectivity index is 1.87. The first-order chi connectivity index (χ1) is 13.4. The number of hydrogen-bond acceptors (Lipinski definition) is 5. The highest BCUT2D eigenvalue weighted by atomic mass is 16.5. The smallest absolute Gasteiger partial charge is 0.332 e. The maximum atomic E-state index is 12.7. The third kappa shape index (κ3) is 3.42. The first-order valence-corrected chi connectivity index (χ1v) is 8.91. The summed E-state index contributed by atoms with van der Waals surface area (Å²) in [6, 6.07) is 7.15. The molecule has 3 aromatic rings. The van der Waals surface area contributed by atoms with Crippen molar-refractivity contribution in [3.8, 4) is 5.75 Å². The van der Waals surface area contributed by atoms with Gasteiger partial charge in [-0.1, -0.05) is 19.1 Å². The van der Waals surface area contributed by atoms with Crippen LogP contribution in [0.3, 0.4) is 0 Å². The van der Waals surface area contributed by atoms with Crippen molar-refractivity contribution in [2.75, 3.05) is 7.11 Å². The summed E-state index contributed by atoms with van der Waals surface area (Å²) >= 11 is 0. The first-order valence-electron chi connectivity index (χ1n) is 8.91. The number of aromatic nitrogens is 4. The molecule has 0 aliphatic heterocycles. The lowest BCUT2D eigenvalue weighted by atomic mass is 10.0. The Morgan fingerprint density at radius 2 is 1.89 bits per heavy atom. The molecule has 1 amide bonds. The molecule has 0 bridgehead atoms. The molecule has 2 aromatic heterocycles. The maximum absolute atomic E-state index is 12.7. The second-order valence-corrected chi connectivity index (χ2v) is 6.56. The normalized spacial score (nSPS) is 12.1. The molecule has 2 heterocycles. The van der Waals surface area contributed by atoms with Gasteiger partial charge in [0.15, 0.2) is 11.2 Å². The SMILES string of the molecule is CC[C@@H](NC(=O)Cn1c(=O)c2c(ncn2C)n(C)c1=O)c1ccc(OC)cc1. The quantitative estimate of drug-likeness (QED) is 0.674. The van der Waals surface area contributed by atoms with Gasteiger partial charge < -0.3 is 14.6 Å². The standard InChI is InChI=1S/C19H23N5O4/c1-5-14(12-6-8-13(28-4)9-7-12)21-15(25)10-24-18(26)16-17(20-11-22(16)2)23(3)19(24)27/h6-9,11,14H,5,10H2,1-4H3,(H,21,25)/t14-/m1/s1. The number of nitrogens with one attached hydrogen (secondary N) is 1. The molecule has 9 nitrogen and oxygen atoms in total. The van der Waals surface area contributed by atoms with Gasteiger partial charge in [0.2, 0.25) is 5.91 Å². The second-order valence-electron chi connectivity index (χ2n) is 6.56. The van der Waals surface area contributed by atoms with Crippen molar-refractivity contribution in [2.24, 2.45) is 14.1 Å². The van der Waals surface area contributed by atoms with Gasteiger partial charge in [-0.2, -0.15) is 0 Å². The van der Waals surface area contributed by atoms with E-state index in [0.29, 0.717) is 12.1 Å². The number of benzene rings is 1. The molecule has 0 saturated carbocycles. The minimum absolute atomic E-state index is 0.238. The summed E-state index contributed by atoms with van der Waals surface area (Å²) in [5.74, 6) is 0.313. The number of methoxy groups -OCH3 is 1. The van der Waals surface area contributed by atoms with Gasteiger partial charge in [-0.25, -0.2) is 14.3 Å². The van der Waals surface area contributed by atoms with Gasteiger partial charge >= 0.3 is 5.69 Å². The summed E-state index contributed by atoms with van der Waals surface area (Å²) < 4.78 is 8.89. The zero-order chi connectivity index (χ0) is 20.4. The zero-order valence-corrected chi connectivity index (χ0v) is 16.3. The number of nitrogens with zero attached hydrogens (tertiary/aromatic N) is 4. The molecule has 1 N–H and O–H groups in total. The topological polar surface area (TPSA) is 100 Å². The van der Waals surface area contributed by atoms with E-state index >= 15 is 0 Å². The highest BCUT2D eigenvalue weighted by molar-refractivity contribution is 5.77. The fraction of sp³-hybridized carbons (Fsp3) is 0.368. The molecule has 0 aliphatic rings. The van der Waals surface area contributed by atoms with Crippen LogP contribution >= 0.6 is 0 Å². The van der Waals surface area contributed by atoms with Crippen LogP contribution in [-0.2, 0) is 25.4 Å². The highest BCUT2D eigenvalue weighted by Crippen LogP contribution is 2.20. The van der Waals surface area contributed by atoms with Gasteiger partial charge in [0, 0.05) is 14.1 Å². The second kappa shape index (κ2) is 7.71. The summed E-state index contributed by atoms with van der Waals surface area (Å²) in [5, 5.41) is 2.89. The highest BCUT2D eigenvalue weighted by Gasteiger charge is 2.19. The lowest BCUT2D eigenvalue weighted by Gasteiger charge is -2.18. The predicted molar refractivity (Wildman–Crippen MR) is 104 cm³/mol. The summed E-state index contributed by atoms with van der Waals surface area (Å²) in [4.78, 5) is 41.9. The van der Waals surface area contributed by atoms with Crippen LogP contribution in [0.4, 0.5) is 0 Å². The van der Waals surface area contributed by atoms with E-state index in [1.165, 1.54) is 22.5 Å². The van der Waals surface area contributed by atoms with Crippen molar-refractivity contribution in [1.82, 2.24) is 24.0 Å². The number of ether oxygens (including phenoxy) is 1. The Bertz CT molecular complexity index is 1120. The van der Waals surface area contributed by atoms with Crippen LogP contribution in [0.2, 0.25) is 0 Å². The van der Waals surface area contributed by atoms with E-state index in [1.807, 2.05) is 31.2 Å². The zero-order valence-electron chi connectivity index (χ0n) is 16.3. The number of carbonyl (C=O) groups excluding carboxylic acids is 1. The van der Waals surface area contributed by atoms with Crippen molar-refractivity contribution < 1.29 is 9.53 Å². The molecule has 0 aliphatic carbocycles.